The molecule has 0 saturated carbocycles. The fourth-order valence-corrected chi connectivity index (χ4v) is 1.29. The molecule has 0 amide bonds. The lowest BCUT2D eigenvalue weighted by Gasteiger charge is -2.38. The Morgan fingerprint density at radius 1 is 1.38 bits per heavy atom. The molecular weight excluding hydrogens is 162 g/mol. The minimum Gasteiger partial charge on any atom is -0.298 e. The zero-order chi connectivity index (χ0) is 10.6. The minimum atomic E-state index is 0.0416. The van der Waals surface area contributed by atoms with E-state index in [4.69, 9.17) is 0 Å². The van der Waals surface area contributed by atoms with Crippen molar-refractivity contribution in [1.82, 2.24) is 4.90 Å². The molecule has 0 aromatic carbocycles. The molecule has 0 bridgehead atoms. The quantitative estimate of drug-likeness (QED) is 0.656. The molecule has 2 nitrogen and oxygen atoms in total. The van der Waals surface area contributed by atoms with Gasteiger partial charge in [-0.3, -0.25) is 9.69 Å². The summed E-state index contributed by atoms with van der Waals surface area (Å²) >= 11 is 0. The van der Waals surface area contributed by atoms with E-state index in [-0.39, 0.29) is 11.6 Å². The summed E-state index contributed by atoms with van der Waals surface area (Å²) < 4.78 is 0. The van der Waals surface area contributed by atoms with Crippen LogP contribution in [0, 0.1) is 0 Å². The number of rotatable bonds is 5. The van der Waals surface area contributed by atoms with E-state index in [0.29, 0.717) is 12.2 Å². The number of carbonyl (C=O) groups excluding carboxylic acids is 1. The third-order valence-electron chi connectivity index (χ3n) is 3.22. The van der Waals surface area contributed by atoms with Gasteiger partial charge in [0, 0.05) is 12.0 Å². The minimum absolute atomic E-state index is 0.0416. The standard InChI is InChI=1S/C11H23NO/c1-7-10(13)9(3)12(6)11(4,5)8-2/h9H,7-8H2,1-6H3. The molecule has 0 saturated heterocycles. The van der Waals surface area contributed by atoms with Gasteiger partial charge in [-0.1, -0.05) is 13.8 Å². The maximum atomic E-state index is 11.5. The second-order valence-corrected chi connectivity index (χ2v) is 4.27. The van der Waals surface area contributed by atoms with Gasteiger partial charge in [0.15, 0.2) is 0 Å². The molecule has 0 spiro atoms. The molecule has 0 aromatic rings. The number of likely N-dealkylation sites (N-methyl/N-ethyl adjacent to an activating group) is 1. The highest BCUT2D eigenvalue weighted by molar-refractivity contribution is 5.83. The molecule has 0 aliphatic carbocycles. The zero-order valence-electron chi connectivity index (χ0n) is 9.85. The predicted octanol–water partition coefficient (Wildman–Crippen LogP) is 2.47. The Morgan fingerprint density at radius 3 is 2.15 bits per heavy atom. The first-order valence-corrected chi connectivity index (χ1v) is 5.12. The number of nitrogens with zero attached hydrogens (tertiary/aromatic N) is 1. The summed E-state index contributed by atoms with van der Waals surface area (Å²) in [5.41, 5.74) is 0.115. The van der Waals surface area contributed by atoms with Crippen LogP contribution in [0.4, 0.5) is 0 Å². The Balaban J connectivity index is 4.41. The maximum absolute atomic E-state index is 11.5. The highest BCUT2D eigenvalue weighted by Gasteiger charge is 2.28. The summed E-state index contributed by atoms with van der Waals surface area (Å²) in [6, 6.07) is 0.0416. The summed E-state index contributed by atoms with van der Waals surface area (Å²) in [7, 11) is 2.03. The van der Waals surface area contributed by atoms with Crippen molar-refractivity contribution in [3.8, 4) is 0 Å². The van der Waals surface area contributed by atoms with Crippen LogP contribution in [0.1, 0.15) is 47.5 Å². The van der Waals surface area contributed by atoms with Crippen molar-refractivity contribution in [2.45, 2.75) is 59.0 Å². The molecule has 0 heterocycles. The van der Waals surface area contributed by atoms with E-state index in [9.17, 15) is 4.79 Å². The molecule has 0 aromatic heterocycles. The van der Waals surface area contributed by atoms with Gasteiger partial charge in [-0.25, -0.2) is 0 Å². The molecule has 0 aliphatic rings. The Bertz CT molecular complexity index is 175. The predicted molar refractivity (Wildman–Crippen MR) is 56.9 cm³/mol. The summed E-state index contributed by atoms with van der Waals surface area (Å²) in [4.78, 5) is 13.6. The average Bonchev–Trinajstić information content (AvgIpc) is 2.14. The van der Waals surface area contributed by atoms with Gasteiger partial charge >= 0.3 is 0 Å². The highest BCUT2D eigenvalue weighted by Crippen LogP contribution is 2.19. The van der Waals surface area contributed by atoms with E-state index < -0.39 is 0 Å². The molecule has 0 aliphatic heterocycles. The van der Waals surface area contributed by atoms with Gasteiger partial charge in [0.2, 0.25) is 0 Å². The zero-order valence-corrected chi connectivity index (χ0v) is 9.85. The SMILES string of the molecule is CCC(=O)C(C)N(C)C(C)(C)CC. The average molecular weight is 185 g/mol. The smallest absolute Gasteiger partial charge is 0.149 e. The number of hydrogen-bond acceptors (Lipinski definition) is 2. The monoisotopic (exact) mass is 185 g/mol. The highest BCUT2D eigenvalue weighted by atomic mass is 16.1. The number of hydrogen-bond donors (Lipinski definition) is 0. The van der Waals surface area contributed by atoms with Gasteiger partial charge in [0.1, 0.15) is 5.78 Å². The molecule has 0 rings (SSSR count). The van der Waals surface area contributed by atoms with Crippen molar-refractivity contribution in [2.24, 2.45) is 0 Å². The molecule has 0 N–H and O–H groups in total. The lowest BCUT2D eigenvalue weighted by atomic mass is 9.96. The van der Waals surface area contributed by atoms with Crippen molar-refractivity contribution >= 4 is 5.78 Å². The van der Waals surface area contributed by atoms with E-state index in [1.165, 1.54) is 0 Å². The second kappa shape index (κ2) is 4.75. The molecule has 0 radical (unpaired) electrons. The van der Waals surface area contributed by atoms with Gasteiger partial charge in [-0.05, 0) is 34.2 Å². The van der Waals surface area contributed by atoms with Crippen LogP contribution in [0.25, 0.3) is 0 Å². The first-order chi connectivity index (χ1) is 5.86. The number of ketones is 1. The lowest BCUT2D eigenvalue weighted by Crippen LogP contribution is -2.48. The Kier molecular flexibility index (Phi) is 4.62. The van der Waals surface area contributed by atoms with E-state index in [0.717, 1.165) is 6.42 Å². The van der Waals surface area contributed by atoms with Gasteiger partial charge in [0.05, 0.1) is 6.04 Å². The van der Waals surface area contributed by atoms with Gasteiger partial charge < -0.3 is 0 Å². The van der Waals surface area contributed by atoms with Crippen LogP contribution in [-0.4, -0.2) is 29.3 Å². The Hall–Kier alpha value is -0.370. The van der Waals surface area contributed by atoms with E-state index in [1.807, 2.05) is 20.9 Å². The van der Waals surface area contributed by atoms with Crippen molar-refractivity contribution < 1.29 is 4.79 Å². The normalized spacial score (nSPS) is 14.7. The van der Waals surface area contributed by atoms with Crippen LogP contribution in [0.3, 0.4) is 0 Å². The third kappa shape index (κ3) is 3.11. The second-order valence-electron chi connectivity index (χ2n) is 4.27. The number of carbonyl (C=O) groups is 1. The molecule has 1 unspecified atom stereocenters. The maximum Gasteiger partial charge on any atom is 0.149 e. The van der Waals surface area contributed by atoms with Crippen molar-refractivity contribution in [1.29, 1.82) is 0 Å². The van der Waals surface area contributed by atoms with Crippen molar-refractivity contribution in [3.05, 3.63) is 0 Å². The van der Waals surface area contributed by atoms with Gasteiger partial charge in [-0.15, -0.1) is 0 Å². The van der Waals surface area contributed by atoms with E-state index in [2.05, 4.69) is 25.7 Å². The van der Waals surface area contributed by atoms with Crippen molar-refractivity contribution in [2.75, 3.05) is 7.05 Å². The topological polar surface area (TPSA) is 20.3 Å². The van der Waals surface area contributed by atoms with Gasteiger partial charge in [-0.2, -0.15) is 0 Å². The Labute approximate surface area is 82.3 Å². The Morgan fingerprint density at radius 2 is 1.85 bits per heavy atom. The van der Waals surface area contributed by atoms with Crippen LogP contribution in [0.5, 0.6) is 0 Å². The summed E-state index contributed by atoms with van der Waals surface area (Å²) in [6.07, 6.45) is 1.69. The lowest BCUT2D eigenvalue weighted by molar-refractivity contribution is -0.124. The number of Topliss-reactive ketones (excluding diaryl/α,β-unsaturated/α-hetero) is 1. The molecule has 78 valence electrons. The van der Waals surface area contributed by atoms with Crippen LogP contribution in [-0.2, 0) is 4.79 Å². The molecule has 1 atom stereocenters. The summed E-state index contributed by atoms with van der Waals surface area (Å²) in [5.74, 6) is 0.323. The first kappa shape index (κ1) is 12.6. The van der Waals surface area contributed by atoms with E-state index in [1.54, 1.807) is 0 Å². The van der Waals surface area contributed by atoms with Crippen LogP contribution >= 0.6 is 0 Å². The van der Waals surface area contributed by atoms with Crippen LogP contribution in [0.15, 0.2) is 0 Å². The summed E-state index contributed by atoms with van der Waals surface area (Å²) in [5, 5.41) is 0. The molecule has 13 heavy (non-hydrogen) atoms. The molecule has 2 heteroatoms. The van der Waals surface area contributed by atoms with Crippen LogP contribution in [0.2, 0.25) is 0 Å². The fourth-order valence-electron chi connectivity index (χ4n) is 1.29. The summed E-state index contributed by atoms with van der Waals surface area (Å²) in [6.45, 7) is 10.4. The molecule has 0 fully saturated rings. The fraction of sp³-hybridized carbons (Fsp3) is 0.909. The van der Waals surface area contributed by atoms with Gasteiger partial charge in [0.25, 0.3) is 0 Å². The first-order valence-electron chi connectivity index (χ1n) is 5.12. The van der Waals surface area contributed by atoms with E-state index >= 15 is 0 Å². The van der Waals surface area contributed by atoms with Crippen LogP contribution < -0.4 is 0 Å². The molecular formula is C11H23NO. The van der Waals surface area contributed by atoms with Crippen molar-refractivity contribution in [3.63, 3.8) is 0 Å². The third-order valence-corrected chi connectivity index (χ3v) is 3.22. The largest absolute Gasteiger partial charge is 0.298 e.